The molecule has 0 radical (unpaired) electrons. The Labute approximate surface area is 175 Å². The van der Waals surface area contributed by atoms with Gasteiger partial charge in [0, 0.05) is 41.6 Å². The van der Waals surface area contributed by atoms with Crippen molar-refractivity contribution in [3.05, 3.63) is 25.3 Å². The van der Waals surface area contributed by atoms with Crippen LogP contribution in [0.4, 0.5) is 0 Å². The summed E-state index contributed by atoms with van der Waals surface area (Å²) in [5.41, 5.74) is 0. The van der Waals surface area contributed by atoms with Crippen molar-refractivity contribution >= 4 is 46.3 Å². The van der Waals surface area contributed by atoms with Gasteiger partial charge in [-0.25, -0.2) is 9.59 Å². The molecular weight excluding hydrogens is 408 g/mol. The molecule has 27 heavy (non-hydrogen) atoms. The standard InChI is InChI=1S/C7H12O3S.C7H12O2S.C4H10OS/c1-3-7(8)10-5-4-6-11(2)9;1-3-7(8)9-5-4-6-10-2;1-6-4-2-3-5/h3H,1,4-6H2,2H3;3H,1,4-6H2,2H3;5H,2-4H2,1H3. The Kier molecular flexibility index (Phi) is 31.5. The number of carbonyl (C=O) groups excluding carboxylic acids is 2. The van der Waals surface area contributed by atoms with E-state index in [1.165, 1.54) is 6.08 Å². The van der Waals surface area contributed by atoms with E-state index in [1.54, 1.807) is 29.8 Å². The molecule has 0 fully saturated rings. The van der Waals surface area contributed by atoms with Crippen molar-refractivity contribution in [2.45, 2.75) is 19.3 Å². The number of aliphatic hydroxyl groups excluding tert-OH is 1. The number of ether oxygens (including phenoxy) is 2. The summed E-state index contributed by atoms with van der Waals surface area (Å²) in [5.74, 6) is 1.93. The Morgan fingerprint density at radius 3 is 1.74 bits per heavy atom. The summed E-state index contributed by atoms with van der Waals surface area (Å²) in [5, 5.41) is 8.18. The molecule has 0 spiro atoms. The zero-order valence-corrected chi connectivity index (χ0v) is 19.1. The van der Waals surface area contributed by atoms with Crippen molar-refractivity contribution < 1.29 is 28.4 Å². The maximum atomic E-state index is 10.5. The highest BCUT2D eigenvalue weighted by Crippen LogP contribution is 1.95. The molecule has 6 nitrogen and oxygen atoms in total. The monoisotopic (exact) mass is 442 g/mol. The van der Waals surface area contributed by atoms with Crippen LogP contribution in [0.25, 0.3) is 0 Å². The Bertz CT molecular complexity index is 399. The molecule has 0 bridgehead atoms. The second-order valence-corrected chi connectivity index (χ2v) is 8.32. The lowest BCUT2D eigenvalue weighted by Crippen LogP contribution is -2.05. The lowest BCUT2D eigenvalue weighted by molar-refractivity contribution is -0.138. The Morgan fingerprint density at radius 1 is 0.963 bits per heavy atom. The zero-order chi connectivity index (χ0) is 21.3. The minimum absolute atomic E-state index is 0.324. The number of hydrogen-bond donors (Lipinski definition) is 1. The Balaban J connectivity index is -0.000000334. The summed E-state index contributed by atoms with van der Waals surface area (Å²) < 4.78 is 19.9. The first-order chi connectivity index (χ1) is 12.9. The van der Waals surface area contributed by atoms with Crippen LogP contribution in [0.2, 0.25) is 0 Å². The van der Waals surface area contributed by atoms with Crippen molar-refractivity contribution in [3.63, 3.8) is 0 Å². The van der Waals surface area contributed by atoms with Gasteiger partial charge in [-0.2, -0.15) is 23.5 Å². The second kappa shape index (κ2) is 27.4. The van der Waals surface area contributed by atoms with Gasteiger partial charge in [0.25, 0.3) is 0 Å². The maximum Gasteiger partial charge on any atom is 0.330 e. The molecule has 0 heterocycles. The maximum absolute atomic E-state index is 10.5. The molecule has 1 unspecified atom stereocenters. The molecule has 0 saturated carbocycles. The minimum Gasteiger partial charge on any atom is -0.463 e. The first-order valence-electron chi connectivity index (χ1n) is 8.36. The molecule has 0 aliphatic heterocycles. The van der Waals surface area contributed by atoms with Gasteiger partial charge < -0.3 is 14.6 Å². The van der Waals surface area contributed by atoms with E-state index in [2.05, 4.69) is 17.9 Å². The average molecular weight is 443 g/mol. The van der Waals surface area contributed by atoms with Crippen LogP contribution in [0, 0.1) is 0 Å². The van der Waals surface area contributed by atoms with Crippen LogP contribution in [0.15, 0.2) is 25.3 Å². The molecule has 0 amide bonds. The quantitative estimate of drug-likeness (QED) is 0.264. The summed E-state index contributed by atoms with van der Waals surface area (Å²) in [4.78, 5) is 20.9. The summed E-state index contributed by atoms with van der Waals surface area (Å²) in [6, 6.07) is 0. The van der Waals surface area contributed by atoms with Gasteiger partial charge >= 0.3 is 11.9 Å². The highest BCUT2D eigenvalue weighted by molar-refractivity contribution is 7.98. The zero-order valence-electron chi connectivity index (χ0n) is 16.6. The molecule has 0 aromatic heterocycles. The highest BCUT2D eigenvalue weighted by atomic mass is 32.2. The van der Waals surface area contributed by atoms with Gasteiger partial charge in [0.1, 0.15) is 0 Å². The van der Waals surface area contributed by atoms with Crippen LogP contribution in [-0.2, 0) is 29.9 Å². The van der Waals surface area contributed by atoms with Crippen LogP contribution in [-0.4, -0.2) is 77.1 Å². The fourth-order valence-electron chi connectivity index (χ4n) is 1.14. The lowest BCUT2D eigenvalue weighted by atomic mass is 10.5. The minimum atomic E-state index is -0.799. The van der Waals surface area contributed by atoms with Crippen LogP contribution >= 0.6 is 23.5 Å². The third-order valence-corrected chi connectivity index (χ3v) is 4.65. The van der Waals surface area contributed by atoms with Crippen molar-refractivity contribution in [2.24, 2.45) is 0 Å². The van der Waals surface area contributed by atoms with Crippen molar-refractivity contribution in [2.75, 3.05) is 55.8 Å². The molecule has 160 valence electrons. The number of esters is 2. The molecule has 0 aromatic rings. The van der Waals surface area contributed by atoms with Crippen molar-refractivity contribution in [3.8, 4) is 0 Å². The summed E-state index contributed by atoms with van der Waals surface area (Å²) >= 11 is 3.51. The first-order valence-corrected chi connectivity index (χ1v) is 12.9. The van der Waals surface area contributed by atoms with E-state index in [9.17, 15) is 13.8 Å². The van der Waals surface area contributed by atoms with E-state index in [1.807, 2.05) is 12.5 Å². The van der Waals surface area contributed by atoms with E-state index in [0.717, 1.165) is 30.4 Å². The molecule has 0 rings (SSSR count). The fraction of sp³-hybridized carbons (Fsp3) is 0.667. The SMILES string of the molecule is C=CC(=O)OCCCS(C)=O.C=CC(=O)OCCCSC.CSCCCO. The van der Waals surface area contributed by atoms with Gasteiger partial charge in [0.05, 0.1) is 13.2 Å². The molecule has 0 saturated heterocycles. The average Bonchev–Trinajstić information content (AvgIpc) is 2.67. The lowest BCUT2D eigenvalue weighted by Gasteiger charge is -1.98. The molecule has 0 aliphatic carbocycles. The van der Waals surface area contributed by atoms with E-state index < -0.39 is 16.8 Å². The Hall–Kier alpha value is -0.770. The highest BCUT2D eigenvalue weighted by Gasteiger charge is 1.95. The predicted octanol–water partition coefficient (Wildman–Crippen LogP) is 2.68. The largest absolute Gasteiger partial charge is 0.463 e. The Morgan fingerprint density at radius 2 is 1.41 bits per heavy atom. The molecule has 0 aromatic carbocycles. The van der Waals surface area contributed by atoms with Gasteiger partial charge in [-0.3, -0.25) is 4.21 Å². The van der Waals surface area contributed by atoms with Gasteiger partial charge in [0.2, 0.25) is 0 Å². The normalized spacial score (nSPS) is 10.2. The van der Waals surface area contributed by atoms with Gasteiger partial charge in [-0.1, -0.05) is 13.2 Å². The van der Waals surface area contributed by atoms with Crippen LogP contribution in [0.5, 0.6) is 0 Å². The van der Waals surface area contributed by atoms with Crippen LogP contribution in [0.3, 0.4) is 0 Å². The molecule has 1 atom stereocenters. The number of rotatable bonds is 13. The van der Waals surface area contributed by atoms with E-state index in [4.69, 9.17) is 9.84 Å². The van der Waals surface area contributed by atoms with E-state index in [0.29, 0.717) is 32.0 Å². The first kappa shape index (κ1) is 30.9. The molecule has 9 heteroatoms. The second-order valence-electron chi connectivity index (χ2n) is 4.79. The van der Waals surface area contributed by atoms with Crippen molar-refractivity contribution in [1.82, 2.24) is 0 Å². The van der Waals surface area contributed by atoms with Crippen LogP contribution in [0.1, 0.15) is 19.3 Å². The smallest absolute Gasteiger partial charge is 0.330 e. The summed E-state index contributed by atoms with van der Waals surface area (Å²) in [6.07, 6.45) is 10.5. The van der Waals surface area contributed by atoms with Gasteiger partial charge in [-0.15, -0.1) is 0 Å². The number of carbonyl (C=O) groups is 2. The molecule has 0 aliphatic rings. The van der Waals surface area contributed by atoms with Gasteiger partial charge in [-0.05, 0) is 43.3 Å². The predicted molar refractivity (Wildman–Crippen MR) is 119 cm³/mol. The third kappa shape index (κ3) is 36.8. The summed E-state index contributed by atoms with van der Waals surface area (Å²) in [6.45, 7) is 7.68. The molecular formula is C18H34O6S3. The molecule has 1 N–H and O–H groups in total. The van der Waals surface area contributed by atoms with Crippen molar-refractivity contribution in [1.29, 1.82) is 0 Å². The topological polar surface area (TPSA) is 89.9 Å². The fourth-order valence-corrected chi connectivity index (χ4v) is 2.49. The number of hydrogen-bond acceptors (Lipinski definition) is 8. The van der Waals surface area contributed by atoms with Gasteiger partial charge in [0.15, 0.2) is 0 Å². The number of aliphatic hydroxyl groups is 1. The van der Waals surface area contributed by atoms with E-state index in [-0.39, 0.29) is 5.97 Å². The third-order valence-electron chi connectivity index (χ3n) is 2.40. The van der Waals surface area contributed by atoms with E-state index >= 15 is 0 Å². The summed E-state index contributed by atoms with van der Waals surface area (Å²) in [7, 11) is -0.799. The number of thioether (sulfide) groups is 2. The van der Waals surface area contributed by atoms with Crippen LogP contribution < -0.4 is 0 Å².